The van der Waals surface area contributed by atoms with Crippen LogP contribution in [0.5, 0.6) is 0 Å². The fourth-order valence-electron chi connectivity index (χ4n) is 0. The Morgan fingerprint density at radius 2 is 1.44 bits per heavy atom. The van der Waals surface area contributed by atoms with E-state index in [1.54, 1.807) is 12.2 Å². The molecular weight excluding hydrogens is 148 g/mol. The van der Waals surface area contributed by atoms with Crippen LogP contribution in [-0.2, 0) is 0 Å². The molecule has 0 aromatic heterocycles. The van der Waals surface area contributed by atoms with Crippen LogP contribution < -0.4 is 0 Å². The summed E-state index contributed by atoms with van der Waals surface area (Å²) in [4.78, 5) is 8.56. The molecule has 0 atom stereocenters. The number of carboxylic acid groups (broad SMARTS) is 2. The molecule has 4 heteroatoms. The van der Waals surface area contributed by atoms with Gasteiger partial charge in [0.2, 0.25) is 0 Å². The maximum absolute atomic E-state index is 8.56. The summed E-state index contributed by atoms with van der Waals surface area (Å²) in [6, 6.07) is 0. The van der Waals surface area contributed by atoms with E-state index in [0.29, 0.717) is 0 Å². The van der Waals surface area contributed by atoms with E-state index in [4.69, 9.17) is 15.0 Å². The number of rotatable bonds is 1. The van der Waals surface area contributed by atoms with E-state index in [1.165, 1.54) is 0 Å². The van der Waals surface area contributed by atoms with Crippen molar-refractivity contribution in [3.63, 3.8) is 0 Å². The molecule has 0 aliphatic heterocycles. The van der Waals surface area contributed by atoms with E-state index in [0.717, 1.165) is 0 Å². The average molecular weight is 158 g/mol. The minimum Gasteiger partial charge on any atom is -1.00 e. The first-order valence-electron chi connectivity index (χ1n) is 1.80. The normalized spacial score (nSPS) is 4.89. The number of hydrogen-bond donors (Lipinski definition) is 2. The Hall–Kier alpha value is 0.00974. The van der Waals surface area contributed by atoms with Crippen LogP contribution in [0.25, 0.3) is 0 Å². The predicted molar refractivity (Wildman–Crippen MR) is 39.0 cm³/mol. The average Bonchev–Trinajstić information content (AvgIpc) is 1.65. The molecule has 9 heavy (non-hydrogen) atoms. The van der Waals surface area contributed by atoms with Crippen molar-refractivity contribution < 1.29 is 17.9 Å². The third-order valence-electron chi connectivity index (χ3n) is 0.167. The second-order valence-corrected chi connectivity index (χ2v) is 0.754. The van der Waals surface area contributed by atoms with Crippen LogP contribution in [0.1, 0.15) is 2.85 Å². The number of hydrogen-bond acceptors (Lipinski definition) is 1. The van der Waals surface area contributed by atoms with E-state index in [2.05, 4.69) is 13.2 Å². The minimum absolute atomic E-state index is 0. The van der Waals surface area contributed by atoms with Gasteiger partial charge in [-0.05, 0) is 0 Å². The van der Waals surface area contributed by atoms with Gasteiger partial charge in [0.15, 0.2) is 0 Å². The van der Waals surface area contributed by atoms with Gasteiger partial charge >= 0.3 is 43.9 Å². The molecule has 0 amide bonds. The van der Waals surface area contributed by atoms with Crippen LogP contribution in [-0.4, -0.2) is 54.1 Å². The van der Waals surface area contributed by atoms with Crippen molar-refractivity contribution >= 4 is 43.9 Å². The van der Waals surface area contributed by atoms with E-state index in [-0.39, 0.29) is 40.6 Å². The van der Waals surface area contributed by atoms with Crippen LogP contribution in [0.4, 0.5) is 4.79 Å². The summed E-state index contributed by atoms with van der Waals surface area (Å²) < 4.78 is 0. The topological polar surface area (TPSA) is 57.5 Å². The van der Waals surface area contributed by atoms with E-state index >= 15 is 0 Å². The van der Waals surface area contributed by atoms with Gasteiger partial charge in [0, 0.05) is 0 Å². The molecule has 0 aromatic rings. The molecule has 3 nitrogen and oxygen atoms in total. The largest absolute Gasteiger partial charge is 2.00 e. The standard InChI is InChI=1S/C4H6.CH2O3.Ca.2H/c1-3-4-2;2-1(3)4;;;/h3-4H,1-2H2;(H2,2,3,4);;;/q;;+2;2*-1. The van der Waals surface area contributed by atoms with Crippen molar-refractivity contribution in [3.05, 3.63) is 25.3 Å². The van der Waals surface area contributed by atoms with Gasteiger partial charge in [-0.15, -0.1) is 0 Å². The molecule has 50 valence electrons. The van der Waals surface area contributed by atoms with Crippen molar-refractivity contribution in [1.29, 1.82) is 0 Å². The Balaban J connectivity index is -0.0000000171. The Labute approximate surface area is 86.7 Å². The van der Waals surface area contributed by atoms with Gasteiger partial charge in [-0.3, -0.25) is 0 Å². The van der Waals surface area contributed by atoms with Crippen molar-refractivity contribution in [2.75, 3.05) is 0 Å². The zero-order chi connectivity index (χ0) is 6.99. The quantitative estimate of drug-likeness (QED) is 0.448. The summed E-state index contributed by atoms with van der Waals surface area (Å²) in [5.74, 6) is 0. The van der Waals surface area contributed by atoms with Gasteiger partial charge in [-0.1, -0.05) is 25.3 Å². The number of allylic oxidation sites excluding steroid dienone is 2. The molecular formula is C5H10CaO3. The molecule has 0 heterocycles. The number of carbonyl (C=O) groups is 1. The first kappa shape index (κ1) is 16.0. The molecule has 0 spiro atoms. The molecule has 0 saturated carbocycles. The fraction of sp³-hybridized carbons (Fsp3) is 0. The third kappa shape index (κ3) is 284. The summed E-state index contributed by atoms with van der Waals surface area (Å²) >= 11 is 0. The molecule has 0 saturated heterocycles. The summed E-state index contributed by atoms with van der Waals surface area (Å²) in [5, 5.41) is 13.9. The second kappa shape index (κ2) is 15.7. The second-order valence-electron chi connectivity index (χ2n) is 0.754. The first-order chi connectivity index (χ1) is 3.65. The Morgan fingerprint density at radius 3 is 1.44 bits per heavy atom. The minimum atomic E-state index is -1.83. The van der Waals surface area contributed by atoms with Crippen molar-refractivity contribution in [2.24, 2.45) is 0 Å². The smallest absolute Gasteiger partial charge is 1.00 e. The van der Waals surface area contributed by atoms with Gasteiger partial charge in [0.05, 0.1) is 0 Å². The van der Waals surface area contributed by atoms with E-state index in [9.17, 15) is 0 Å². The SMILES string of the molecule is C=CC=C.O=C(O)O.[Ca+2].[H-].[H-]. The Bertz CT molecular complexity index is 87.7. The fourth-order valence-corrected chi connectivity index (χ4v) is 0. The molecule has 2 N–H and O–H groups in total. The Morgan fingerprint density at radius 1 is 1.33 bits per heavy atom. The van der Waals surface area contributed by atoms with Crippen LogP contribution in [0.15, 0.2) is 25.3 Å². The van der Waals surface area contributed by atoms with Crippen molar-refractivity contribution in [2.45, 2.75) is 0 Å². The van der Waals surface area contributed by atoms with Gasteiger partial charge < -0.3 is 13.1 Å². The van der Waals surface area contributed by atoms with Crippen molar-refractivity contribution in [3.8, 4) is 0 Å². The zero-order valence-corrected chi connectivity index (χ0v) is 7.29. The van der Waals surface area contributed by atoms with Gasteiger partial charge in [-0.2, -0.15) is 0 Å². The maximum Gasteiger partial charge on any atom is 2.00 e. The molecule has 0 fully saturated rings. The van der Waals surface area contributed by atoms with Crippen LogP contribution in [0.3, 0.4) is 0 Å². The molecule has 0 radical (unpaired) electrons. The predicted octanol–water partition coefficient (Wildman–Crippen LogP) is 1.42. The summed E-state index contributed by atoms with van der Waals surface area (Å²) in [7, 11) is 0. The monoisotopic (exact) mass is 158 g/mol. The third-order valence-corrected chi connectivity index (χ3v) is 0.167. The van der Waals surface area contributed by atoms with Gasteiger partial charge in [0.1, 0.15) is 0 Å². The van der Waals surface area contributed by atoms with Gasteiger partial charge in [-0.25, -0.2) is 4.79 Å². The van der Waals surface area contributed by atoms with Crippen LogP contribution in [0.2, 0.25) is 0 Å². The molecule has 0 aliphatic rings. The maximum atomic E-state index is 8.56. The zero-order valence-electron chi connectivity index (χ0n) is 7.08. The molecule has 0 bridgehead atoms. The Kier molecular flexibility index (Phi) is 27.9. The van der Waals surface area contributed by atoms with E-state index < -0.39 is 6.16 Å². The molecule has 0 unspecified atom stereocenters. The molecule has 0 aromatic carbocycles. The van der Waals surface area contributed by atoms with E-state index in [1.807, 2.05) is 0 Å². The van der Waals surface area contributed by atoms with Crippen LogP contribution >= 0.6 is 0 Å². The molecule has 0 aliphatic carbocycles. The summed E-state index contributed by atoms with van der Waals surface area (Å²) in [5.41, 5.74) is 0. The van der Waals surface area contributed by atoms with Gasteiger partial charge in [0.25, 0.3) is 0 Å². The molecule has 0 rings (SSSR count). The van der Waals surface area contributed by atoms with Crippen molar-refractivity contribution in [1.82, 2.24) is 0 Å². The van der Waals surface area contributed by atoms with Crippen LogP contribution in [0, 0.1) is 0 Å². The summed E-state index contributed by atoms with van der Waals surface area (Å²) in [6.07, 6.45) is 1.44. The summed E-state index contributed by atoms with van der Waals surface area (Å²) in [6.45, 7) is 6.72. The first-order valence-corrected chi connectivity index (χ1v) is 1.80.